The number of benzene rings is 1. The summed E-state index contributed by atoms with van der Waals surface area (Å²) in [4.78, 5) is 0.889. The Kier molecular flexibility index (Phi) is 3.05. The molecule has 1 aromatic carbocycles. The van der Waals surface area contributed by atoms with Crippen LogP contribution in [-0.2, 0) is 0 Å². The fourth-order valence-electron chi connectivity index (χ4n) is 0.914. The summed E-state index contributed by atoms with van der Waals surface area (Å²) in [5.74, 6) is -0.352. The quantitative estimate of drug-likeness (QED) is 0.586. The predicted octanol–water partition coefficient (Wildman–Crippen LogP) is 2.18. The molecule has 0 saturated heterocycles. The molecule has 0 spiro atoms. The van der Waals surface area contributed by atoms with Crippen LogP contribution in [0.3, 0.4) is 0 Å². The first-order valence-corrected chi connectivity index (χ1v) is 4.92. The Balaban J connectivity index is 3.29. The van der Waals surface area contributed by atoms with Crippen molar-refractivity contribution in [2.24, 2.45) is 5.73 Å². The second kappa shape index (κ2) is 3.87. The minimum absolute atomic E-state index is 0.109. The van der Waals surface area contributed by atoms with Crippen molar-refractivity contribution < 1.29 is 4.39 Å². The summed E-state index contributed by atoms with van der Waals surface area (Å²) < 4.78 is 13.1. The predicted molar refractivity (Wildman–Crippen MR) is 54.1 cm³/mol. The fourth-order valence-corrected chi connectivity index (χ4v) is 1.81. The highest BCUT2D eigenvalue weighted by atomic mass is 32.2. The van der Waals surface area contributed by atoms with E-state index in [0.717, 1.165) is 4.90 Å². The highest BCUT2D eigenvalue weighted by Gasteiger charge is 2.09. The second-order valence-electron chi connectivity index (χ2n) is 2.18. The zero-order valence-corrected chi connectivity index (χ0v) is 8.14. The lowest BCUT2D eigenvalue weighted by molar-refractivity contribution is 0.621. The van der Waals surface area contributed by atoms with Crippen LogP contribution < -0.4 is 5.73 Å². The molecule has 0 bridgehead atoms. The first kappa shape index (κ1) is 9.48. The van der Waals surface area contributed by atoms with Gasteiger partial charge in [-0.25, -0.2) is 4.39 Å². The second-order valence-corrected chi connectivity index (χ2v) is 3.47. The van der Waals surface area contributed by atoms with E-state index in [1.807, 2.05) is 6.26 Å². The molecule has 0 aliphatic carbocycles. The Morgan fingerprint density at radius 3 is 2.67 bits per heavy atom. The molecule has 0 aromatic heterocycles. The van der Waals surface area contributed by atoms with E-state index in [4.69, 9.17) is 18.0 Å². The van der Waals surface area contributed by atoms with Gasteiger partial charge in [0, 0.05) is 4.90 Å². The van der Waals surface area contributed by atoms with Gasteiger partial charge in [0.25, 0.3) is 0 Å². The van der Waals surface area contributed by atoms with E-state index in [2.05, 4.69) is 0 Å². The van der Waals surface area contributed by atoms with Crippen LogP contribution in [0.4, 0.5) is 4.39 Å². The summed E-state index contributed by atoms with van der Waals surface area (Å²) >= 11 is 6.16. The molecule has 0 saturated carbocycles. The van der Waals surface area contributed by atoms with Crippen LogP contribution in [-0.4, -0.2) is 11.2 Å². The molecule has 0 aliphatic heterocycles. The molecular weight excluding hydrogens is 193 g/mol. The molecule has 0 heterocycles. The van der Waals surface area contributed by atoms with Crippen LogP contribution in [0.5, 0.6) is 0 Å². The van der Waals surface area contributed by atoms with Gasteiger partial charge in [-0.15, -0.1) is 11.8 Å². The third-order valence-corrected chi connectivity index (χ3v) is 2.43. The van der Waals surface area contributed by atoms with Crippen LogP contribution in [0.1, 0.15) is 5.56 Å². The molecule has 0 unspecified atom stereocenters. The van der Waals surface area contributed by atoms with Crippen molar-refractivity contribution in [3.05, 3.63) is 29.6 Å². The number of rotatable bonds is 2. The van der Waals surface area contributed by atoms with Gasteiger partial charge in [-0.3, -0.25) is 0 Å². The molecule has 0 radical (unpaired) electrons. The van der Waals surface area contributed by atoms with E-state index in [0.29, 0.717) is 5.56 Å². The maximum Gasteiger partial charge on any atom is 0.134 e. The van der Waals surface area contributed by atoms with Crippen molar-refractivity contribution >= 4 is 29.0 Å². The van der Waals surface area contributed by atoms with Crippen LogP contribution in [0.15, 0.2) is 23.1 Å². The van der Waals surface area contributed by atoms with Gasteiger partial charge in [-0.05, 0) is 18.4 Å². The van der Waals surface area contributed by atoms with Crippen LogP contribution in [0.25, 0.3) is 0 Å². The van der Waals surface area contributed by atoms with E-state index in [9.17, 15) is 4.39 Å². The third kappa shape index (κ3) is 1.76. The molecule has 2 N–H and O–H groups in total. The molecule has 0 atom stereocenters. The van der Waals surface area contributed by atoms with Gasteiger partial charge in [-0.2, -0.15) is 0 Å². The average Bonchev–Trinajstić information content (AvgIpc) is 2.03. The van der Waals surface area contributed by atoms with Crippen LogP contribution in [0.2, 0.25) is 0 Å². The summed E-state index contributed by atoms with van der Waals surface area (Å²) in [5.41, 5.74) is 5.72. The van der Waals surface area contributed by atoms with Crippen molar-refractivity contribution in [3.63, 3.8) is 0 Å². The Morgan fingerprint density at radius 1 is 1.58 bits per heavy atom. The van der Waals surface area contributed by atoms with Crippen molar-refractivity contribution in [3.8, 4) is 0 Å². The number of thiocarbonyl (C=S) groups is 1. The summed E-state index contributed by atoms with van der Waals surface area (Å²) in [6.07, 6.45) is 1.86. The van der Waals surface area contributed by atoms with Crippen LogP contribution in [0, 0.1) is 5.82 Å². The number of hydrogen-bond acceptors (Lipinski definition) is 2. The van der Waals surface area contributed by atoms with Crippen LogP contribution >= 0.6 is 24.0 Å². The van der Waals surface area contributed by atoms with Crippen molar-refractivity contribution in [2.75, 3.05) is 6.26 Å². The Bertz CT molecular complexity index is 312. The number of thioether (sulfide) groups is 1. The average molecular weight is 201 g/mol. The van der Waals surface area contributed by atoms with Gasteiger partial charge < -0.3 is 5.73 Å². The molecular formula is C8H8FNS2. The highest BCUT2D eigenvalue weighted by molar-refractivity contribution is 7.98. The fraction of sp³-hybridized carbons (Fsp3) is 0.125. The Labute approximate surface area is 80.1 Å². The van der Waals surface area contributed by atoms with Crippen molar-refractivity contribution in [2.45, 2.75) is 4.90 Å². The lowest BCUT2D eigenvalue weighted by Crippen LogP contribution is -2.12. The maximum atomic E-state index is 13.1. The summed E-state index contributed by atoms with van der Waals surface area (Å²) in [6.45, 7) is 0. The number of hydrogen-bond donors (Lipinski definition) is 1. The van der Waals surface area contributed by atoms with Crippen molar-refractivity contribution in [1.29, 1.82) is 0 Å². The smallest absolute Gasteiger partial charge is 0.134 e. The first-order chi connectivity index (χ1) is 5.66. The Morgan fingerprint density at radius 2 is 2.25 bits per heavy atom. The van der Waals surface area contributed by atoms with Gasteiger partial charge >= 0.3 is 0 Å². The normalized spacial score (nSPS) is 9.83. The molecule has 0 aliphatic rings. The topological polar surface area (TPSA) is 26.0 Å². The van der Waals surface area contributed by atoms with Gasteiger partial charge in [-0.1, -0.05) is 18.3 Å². The third-order valence-electron chi connectivity index (χ3n) is 1.44. The number of nitrogens with two attached hydrogens (primary N) is 1. The van der Waals surface area contributed by atoms with E-state index in [1.165, 1.54) is 17.8 Å². The minimum Gasteiger partial charge on any atom is -0.389 e. The van der Waals surface area contributed by atoms with Gasteiger partial charge in [0.15, 0.2) is 0 Å². The SMILES string of the molecule is CSc1cccc(F)c1C(N)=S. The lowest BCUT2D eigenvalue weighted by Gasteiger charge is -2.05. The summed E-state index contributed by atoms with van der Waals surface area (Å²) in [7, 11) is 0. The molecule has 12 heavy (non-hydrogen) atoms. The maximum absolute atomic E-state index is 13.1. The number of halogens is 1. The largest absolute Gasteiger partial charge is 0.389 e. The standard InChI is InChI=1S/C8H8FNS2/c1-12-6-4-2-3-5(9)7(6)8(10)11/h2-4H,1H3,(H2,10,11). The zero-order valence-electron chi connectivity index (χ0n) is 6.50. The molecule has 0 amide bonds. The van der Waals surface area contributed by atoms with E-state index in [1.54, 1.807) is 12.1 Å². The van der Waals surface area contributed by atoms with E-state index in [-0.39, 0.29) is 10.8 Å². The van der Waals surface area contributed by atoms with Crippen molar-refractivity contribution in [1.82, 2.24) is 0 Å². The monoisotopic (exact) mass is 201 g/mol. The molecule has 4 heteroatoms. The van der Waals surface area contributed by atoms with E-state index >= 15 is 0 Å². The van der Waals surface area contributed by atoms with E-state index < -0.39 is 0 Å². The molecule has 1 aromatic rings. The summed E-state index contributed by atoms with van der Waals surface area (Å²) in [6, 6.07) is 4.79. The Hall–Kier alpha value is -0.610. The molecule has 1 nitrogen and oxygen atoms in total. The zero-order chi connectivity index (χ0) is 9.14. The molecule has 0 fully saturated rings. The molecule has 1 rings (SSSR count). The minimum atomic E-state index is -0.352. The highest BCUT2D eigenvalue weighted by Crippen LogP contribution is 2.22. The molecule has 64 valence electrons. The summed E-state index contributed by atoms with van der Waals surface area (Å²) in [5, 5.41) is 0. The van der Waals surface area contributed by atoms with Gasteiger partial charge in [0.05, 0.1) is 5.56 Å². The lowest BCUT2D eigenvalue weighted by atomic mass is 10.2. The van der Waals surface area contributed by atoms with Gasteiger partial charge in [0.2, 0.25) is 0 Å². The first-order valence-electron chi connectivity index (χ1n) is 3.29. The van der Waals surface area contributed by atoms with Gasteiger partial charge in [0.1, 0.15) is 10.8 Å².